The number of nitrogens with one attached hydrogen (secondary N) is 2. The van der Waals surface area contributed by atoms with Crippen LogP contribution in [0.4, 0.5) is 24.5 Å². The number of halogens is 3. The number of rotatable bonds is 7. The zero-order chi connectivity index (χ0) is 24.1. The number of carbonyl (C=O) groups excluding carboxylic acids is 1. The van der Waals surface area contributed by atoms with Crippen LogP contribution in [0, 0.1) is 24.4 Å². The second-order valence-electron chi connectivity index (χ2n) is 8.14. The smallest absolute Gasteiger partial charge is 0.256 e. The Morgan fingerprint density at radius 1 is 1.12 bits per heavy atom. The topological polar surface area (TPSA) is 64.6 Å². The third kappa shape index (κ3) is 6.01. The highest BCUT2D eigenvalue weighted by atomic mass is 19.2. The van der Waals surface area contributed by atoms with Crippen molar-refractivity contribution in [2.24, 2.45) is 0 Å². The summed E-state index contributed by atoms with van der Waals surface area (Å²) >= 11 is 0. The van der Waals surface area contributed by atoms with Crippen LogP contribution in [-0.4, -0.2) is 47.2 Å². The zero-order valence-electron chi connectivity index (χ0n) is 19.2. The summed E-state index contributed by atoms with van der Waals surface area (Å²) < 4.78 is 42.5. The van der Waals surface area contributed by atoms with E-state index in [9.17, 15) is 23.1 Å². The van der Waals surface area contributed by atoms with Crippen LogP contribution < -0.4 is 10.6 Å². The molecule has 2 aromatic carbocycles. The lowest BCUT2D eigenvalue weighted by molar-refractivity contribution is -0.0852. The van der Waals surface area contributed by atoms with Crippen LogP contribution in [0.5, 0.6) is 0 Å². The first-order valence-electron chi connectivity index (χ1n) is 10.9. The largest absolute Gasteiger partial charge is 0.386 e. The van der Waals surface area contributed by atoms with Crippen molar-refractivity contribution in [2.75, 3.05) is 25.0 Å². The van der Waals surface area contributed by atoms with Gasteiger partial charge in [0, 0.05) is 6.04 Å². The van der Waals surface area contributed by atoms with E-state index >= 15 is 0 Å². The summed E-state index contributed by atoms with van der Waals surface area (Å²) in [6, 6.07) is 6.56. The fourth-order valence-corrected chi connectivity index (χ4v) is 3.44. The molecular weight excluding hydrogens is 419 g/mol. The Bertz CT molecular complexity index is 944. The monoisotopic (exact) mass is 451 g/mol. The Hall–Kier alpha value is -2.58. The molecule has 2 aromatic rings. The van der Waals surface area contributed by atoms with Gasteiger partial charge < -0.3 is 20.6 Å². The Morgan fingerprint density at radius 2 is 1.78 bits per heavy atom. The first kappa shape index (κ1) is 25.7. The normalized spacial score (nSPS) is 14.5. The molecule has 1 aliphatic heterocycles. The van der Waals surface area contributed by atoms with Gasteiger partial charge in [0.2, 0.25) is 0 Å². The predicted octanol–water partition coefficient (Wildman–Crippen LogP) is 4.76. The summed E-state index contributed by atoms with van der Waals surface area (Å²) in [6.45, 7) is 10.5. The van der Waals surface area contributed by atoms with Crippen molar-refractivity contribution in [2.45, 2.75) is 52.7 Å². The van der Waals surface area contributed by atoms with Crippen molar-refractivity contribution in [3.63, 3.8) is 0 Å². The van der Waals surface area contributed by atoms with Gasteiger partial charge in [-0.05, 0) is 49.7 Å². The van der Waals surface area contributed by atoms with Crippen molar-refractivity contribution in [1.29, 1.82) is 0 Å². The van der Waals surface area contributed by atoms with Gasteiger partial charge in [0.1, 0.15) is 11.4 Å². The molecule has 3 N–H and O–H groups in total. The highest BCUT2D eigenvalue weighted by molar-refractivity contribution is 6.01. The molecule has 0 bridgehead atoms. The van der Waals surface area contributed by atoms with Gasteiger partial charge in [-0.2, -0.15) is 0 Å². The number of aliphatic hydroxyl groups is 1. The average molecular weight is 452 g/mol. The molecule has 0 atom stereocenters. The van der Waals surface area contributed by atoms with E-state index in [0.717, 1.165) is 12.1 Å². The van der Waals surface area contributed by atoms with Crippen LogP contribution in [0.3, 0.4) is 0 Å². The maximum Gasteiger partial charge on any atom is 0.256 e. The molecule has 0 radical (unpaired) electrons. The van der Waals surface area contributed by atoms with E-state index in [2.05, 4.69) is 10.6 Å². The SMILES string of the molecule is CC.Cc1ccc(Nc2c(C(=O)N3CC(O)(CCNC(C)C)C3)ccc(F)c2F)c(F)c1. The molecule has 1 aliphatic rings. The second kappa shape index (κ2) is 10.8. The number of carbonyl (C=O) groups is 1. The molecule has 5 nitrogen and oxygen atoms in total. The Balaban J connectivity index is 0.00000176. The van der Waals surface area contributed by atoms with Crippen LogP contribution in [0.25, 0.3) is 0 Å². The van der Waals surface area contributed by atoms with Crippen molar-refractivity contribution >= 4 is 17.3 Å². The number of anilines is 2. The van der Waals surface area contributed by atoms with Crippen LogP contribution in [0.2, 0.25) is 0 Å². The van der Waals surface area contributed by atoms with Gasteiger partial charge in [-0.15, -0.1) is 0 Å². The molecule has 0 unspecified atom stereocenters. The summed E-state index contributed by atoms with van der Waals surface area (Å²) in [5.41, 5.74) is -0.983. The van der Waals surface area contributed by atoms with Crippen molar-refractivity contribution < 1.29 is 23.1 Å². The highest BCUT2D eigenvalue weighted by Crippen LogP contribution is 2.32. The third-order valence-corrected chi connectivity index (χ3v) is 5.11. The summed E-state index contributed by atoms with van der Waals surface area (Å²) in [7, 11) is 0. The number of aryl methyl sites for hydroxylation is 1. The fourth-order valence-electron chi connectivity index (χ4n) is 3.44. The number of hydrogen-bond acceptors (Lipinski definition) is 4. The zero-order valence-corrected chi connectivity index (χ0v) is 19.2. The number of likely N-dealkylation sites (tertiary alicyclic amines) is 1. The van der Waals surface area contributed by atoms with Gasteiger partial charge in [-0.1, -0.05) is 33.8 Å². The van der Waals surface area contributed by atoms with E-state index in [1.807, 2.05) is 27.7 Å². The summed E-state index contributed by atoms with van der Waals surface area (Å²) in [5, 5.41) is 16.2. The lowest BCUT2D eigenvalue weighted by Gasteiger charge is -2.46. The quantitative estimate of drug-likeness (QED) is 0.568. The minimum Gasteiger partial charge on any atom is -0.386 e. The number of β-amino-alcohol motifs (C(OH)–C–C–N with tert-alkyl or cyclic N) is 1. The van der Waals surface area contributed by atoms with E-state index in [1.54, 1.807) is 13.0 Å². The Kier molecular flexibility index (Phi) is 8.69. The number of benzene rings is 2. The molecule has 32 heavy (non-hydrogen) atoms. The molecule has 3 rings (SSSR count). The van der Waals surface area contributed by atoms with Gasteiger partial charge in [-0.25, -0.2) is 13.2 Å². The molecule has 176 valence electrons. The standard InChI is InChI=1S/C22H26F3N3O2.C2H6/c1-13(2)26-9-8-22(30)11-28(12-22)21(29)15-5-6-16(23)19(25)20(15)27-18-7-4-14(3)10-17(18)24;1-2/h4-7,10,13,26-27,30H,8-9,11-12H2,1-3H3;1-2H3. The molecular formula is C24H32F3N3O2. The number of hydrogen-bond donors (Lipinski definition) is 3. The van der Waals surface area contributed by atoms with E-state index in [1.165, 1.54) is 17.0 Å². The van der Waals surface area contributed by atoms with E-state index in [-0.39, 0.29) is 30.4 Å². The molecule has 0 aliphatic carbocycles. The van der Waals surface area contributed by atoms with E-state index in [4.69, 9.17) is 0 Å². The van der Waals surface area contributed by atoms with Crippen LogP contribution in [0.1, 0.15) is 50.0 Å². The lowest BCUT2D eigenvalue weighted by Crippen LogP contribution is -2.64. The molecule has 0 saturated carbocycles. The minimum absolute atomic E-state index is 0.0703. The molecule has 8 heteroatoms. The molecule has 1 heterocycles. The van der Waals surface area contributed by atoms with Crippen molar-refractivity contribution in [1.82, 2.24) is 10.2 Å². The molecule has 1 fully saturated rings. The maximum atomic E-state index is 14.5. The van der Waals surface area contributed by atoms with Crippen molar-refractivity contribution in [3.8, 4) is 0 Å². The molecule has 1 amide bonds. The first-order chi connectivity index (χ1) is 15.1. The predicted molar refractivity (Wildman–Crippen MR) is 121 cm³/mol. The van der Waals surface area contributed by atoms with E-state index < -0.39 is 34.6 Å². The summed E-state index contributed by atoms with van der Waals surface area (Å²) in [6.07, 6.45) is 0.465. The number of amides is 1. The molecule has 0 aromatic heterocycles. The maximum absolute atomic E-state index is 14.5. The Morgan fingerprint density at radius 3 is 2.38 bits per heavy atom. The molecule has 1 saturated heterocycles. The van der Waals surface area contributed by atoms with Crippen LogP contribution >= 0.6 is 0 Å². The number of nitrogens with zero attached hydrogens (tertiary/aromatic N) is 1. The Labute approximate surface area is 187 Å². The van der Waals surface area contributed by atoms with Crippen molar-refractivity contribution in [3.05, 3.63) is 58.9 Å². The second-order valence-corrected chi connectivity index (χ2v) is 8.14. The van der Waals surface area contributed by atoms with Crippen LogP contribution in [0.15, 0.2) is 30.3 Å². The van der Waals surface area contributed by atoms with Gasteiger partial charge in [0.25, 0.3) is 5.91 Å². The van der Waals surface area contributed by atoms with E-state index in [0.29, 0.717) is 18.5 Å². The van der Waals surface area contributed by atoms with Gasteiger partial charge >= 0.3 is 0 Å². The van der Waals surface area contributed by atoms with Crippen LogP contribution in [-0.2, 0) is 0 Å². The average Bonchev–Trinajstić information content (AvgIpc) is 2.72. The highest BCUT2D eigenvalue weighted by Gasteiger charge is 2.44. The molecule has 0 spiro atoms. The summed E-state index contributed by atoms with van der Waals surface area (Å²) in [5.74, 6) is -3.63. The first-order valence-corrected chi connectivity index (χ1v) is 10.9. The lowest BCUT2D eigenvalue weighted by atomic mass is 9.89. The van der Waals surface area contributed by atoms with Gasteiger partial charge in [0.15, 0.2) is 11.6 Å². The minimum atomic E-state index is -1.27. The summed E-state index contributed by atoms with van der Waals surface area (Å²) in [4.78, 5) is 14.2. The van der Waals surface area contributed by atoms with Gasteiger partial charge in [0.05, 0.1) is 30.0 Å². The fraction of sp³-hybridized carbons (Fsp3) is 0.458. The van der Waals surface area contributed by atoms with Gasteiger partial charge in [-0.3, -0.25) is 4.79 Å². The third-order valence-electron chi connectivity index (χ3n) is 5.11.